The Morgan fingerprint density at radius 3 is 2.56 bits per heavy atom. The van der Waals surface area contributed by atoms with Gasteiger partial charge in [0.1, 0.15) is 5.60 Å². The third-order valence-corrected chi connectivity index (χ3v) is 5.34. The Balaban J connectivity index is 1.89. The zero-order chi connectivity index (χ0) is 19.6. The average molecular weight is 372 g/mol. The van der Waals surface area contributed by atoms with Gasteiger partial charge >= 0.3 is 11.9 Å². The van der Waals surface area contributed by atoms with E-state index < -0.39 is 23.4 Å². The van der Waals surface area contributed by atoms with Crippen LogP contribution in [0.4, 0.5) is 5.69 Å². The van der Waals surface area contributed by atoms with E-state index in [9.17, 15) is 14.4 Å². The molecule has 144 valence electrons. The number of hydrogen-bond donors (Lipinski definition) is 1. The third kappa shape index (κ3) is 3.47. The summed E-state index contributed by atoms with van der Waals surface area (Å²) in [5.41, 5.74) is 0.398. The van der Waals surface area contributed by atoms with E-state index >= 15 is 0 Å². The Hall–Kier alpha value is -2.67. The lowest BCUT2D eigenvalue weighted by Gasteiger charge is -2.39. The zero-order valence-corrected chi connectivity index (χ0v) is 15.8. The minimum absolute atomic E-state index is 0.256. The Bertz CT molecular complexity index is 806. The van der Waals surface area contributed by atoms with Gasteiger partial charge in [0.15, 0.2) is 0 Å². The number of hydrogen-bond acceptors (Lipinski definition) is 6. The van der Waals surface area contributed by atoms with Crippen molar-refractivity contribution in [1.82, 2.24) is 4.90 Å². The summed E-state index contributed by atoms with van der Waals surface area (Å²) in [7, 11) is 1.29. The smallest absolute Gasteiger partial charge is 0.339 e. The third-order valence-electron chi connectivity index (χ3n) is 5.34. The van der Waals surface area contributed by atoms with Crippen LogP contribution in [-0.4, -0.2) is 55.1 Å². The van der Waals surface area contributed by atoms with Gasteiger partial charge in [-0.2, -0.15) is 0 Å². The molecule has 0 unspecified atom stereocenters. The molecule has 1 aromatic rings. The number of amides is 1. The number of carbonyl (C=O) groups excluding carboxylic acids is 3. The first-order valence-electron chi connectivity index (χ1n) is 9.07. The van der Waals surface area contributed by atoms with Crippen molar-refractivity contribution in [3.8, 4) is 0 Å². The molecule has 0 aromatic heterocycles. The van der Waals surface area contributed by atoms with Crippen molar-refractivity contribution in [2.75, 3.05) is 32.1 Å². The van der Waals surface area contributed by atoms with Crippen LogP contribution in [0.25, 0.3) is 0 Å². The molecule has 1 aromatic carbocycles. The minimum Gasteiger partial charge on any atom is -0.465 e. The maximum Gasteiger partial charge on any atom is 0.339 e. The van der Waals surface area contributed by atoms with Gasteiger partial charge in [-0.1, -0.05) is 19.1 Å². The molecular weight excluding hydrogens is 348 g/mol. The summed E-state index contributed by atoms with van der Waals surface area (Å²) >= 11 is 0. The summed E-state index contributed by atoms with van der Waals surface area (Å²) in [5.74, 6) is -1.41. The molecule has 1 N–H and O–H groups in total. The molecule has 1 fully saturated rings. The number of benzene rings is 1. The van der Waals surface area contributed by atoms with Crippen molar-refractivity contribution in [3.63, 3.8) is 0 Å². The zero-order valence-electron chi connectivity index (χ0n) is 15.8. The van der Waals surface area contributed by atoms with Crippen LogP contribution in [0, 0.1) is 0 Å². The summed E-state index contributed by atoms with van der Waals surface area (Å²) in [6.07, 6.45) is 1.15. The van der Waals surface area contributed by atoms with E-state index in [2.05, 4.69) is 17.1 Å². The molecule has 2 aliphatic heterocycles. The van der Waals surface area contributed by atoms with E-state index in [4.69, 9.17) is 9.47 Å². The number of anilines is 1. The normalized spacial score (nSPS) is 19.1. The van der Waals surface area contributed by atoms with Gasteiger partial charge in [0, 0.05) is 31.5 Å². The quantitative estimate of drug-likeness (QED) is 0.815. The van der Waals surface area contributed by atoms with Crippen LogP contribution < -0.4 is 5.32 Å². The fourth-order valence-electron chi connectivity index (χ4n) is 3.77. The van der Waals surface area contributed by atoms with Crippen molar-refractivity contribution in [1.29, 1.82) is 0 Å². The van der Waals surface area contributed by atoms with Gasteiger partial charge in [0.05, 0.1) is 23.9 Å². The molecule has 27 heavy (non-hydrogen) atoms. The van der Waals surface area contributed by atoms with Crippen LogP contribution in [0.15, 0.2) is 35.4 Å². The number of likely N-dealkylation sites (tertiary alicyclic amines) is 1. The van der Waals surface area contributed by atoms with Crippen LogP contribution in [0.2, 0.25) is 0 Å². The summed E-state index contributed by atoms with van der Waals surface area (Å²) in [6, 6.07) is 6.62. The molecule has 0 saturated carbocycles. The fourth-order valence-corrected chi connectivity index (χ4v) is 3.77. The first-order chi connectivity index (χ1) is 12.9. The van der Waals surface area contributed by atoms with Crippen LogP contribution in [0.1, 0.15) is 37.0 Å². The fraction of sp³-hybridized carbons (Fsp3) is 0.450. The predicted molar refractivity (Wildman–Crippen MR) is 99.3 cm³/mol. The minimum atomic E-state index is -0.892. The van der Waals surface area contributed by atoms with Crippen molar-refractivity contribution < 1.29 is 23.9 Å². The molecule has 0 bridgehead atoms. The highest BCUT2D eigenvalue weighted by Gasteiger charge is 2.50. The summed E-state index contributed by atoms with van der Waals surface area (Å²) in [4.78, 5) is 39.5. The van der Waals surface area contributed by atoms with Crippen LogP contribution in [0.3, 0.4) is 0 Å². The molecule has 7 heteroatoms. The highest BCUT2D eigenvalue weighted by atomic mass is 16.6. The number of rotatable bonds is 4. The van der Waals surface area contributed by atoms with Gasteiger partial charge in [-0.25, -0.2) is 9.59 Å². The van der Waals surface area contributed by atoms with Gasteiger partial charge in [0.25, 0.3) is 5.91 Å². The van der Waals surface area contributed by atoms with E-state index in [-0.39, 0.29) is 5.56 Å². The Morgan fingerprint density at radius 1 is 1.26 bits per heavy atom. The number of nitrogens with zero attached hydrogens (tertiary/aromatic N) is 1. The molecule has 0 radical (unpaired) electrons. The van der Waals surface area contributed by atoms with Gasteiger partial charge in [-0.05, 0) is 25.6 Å². The van der Waals surface area contributed by atoms with Crippen molar-refractivity contribution in [2.45, 2.75) is 32.3 Å². The Morgan fingerprint density at radius 2 is 1.93 bits per heavy atom. The Kier molecular flexibility index (Phi) is 5.32. The number of piperidine rings is 1. The number of methoxy groups -OCH3 is 1. The van der Waals surface area contributed by atoms with E-state index in [0.717, 1.165) is 19.6 Å². The van der Waals surface area contributed by atoms with Gasteiger partial charge in [-0.3, -0.25) is 4.79 Å². The molecule has 0 aliphatic carbocycles. The van der Waals surface area contributed by atoms with Gasteiger partial charge in [0.2, 0.25) is 0 Å². The van der Waals surface area contributed by atoms with Crippen molar-refractivity contribution in [3.05, 3.63) is 41.0 Å². The van der Waals surface area contributed by atoms with Gasteiger partial charge < -0.3 is 19.7 Å². The van der Waals surface area contributed by atoms with Crippen LogP contribution >= 0.6 is 0 Å². The van der Waals surface area contributed by atoms with E-state index in [0.29, 0.717) is 29.7 Å². The maximum atomic E-state index is 13.1. The lowest BCUT2D eigenvalue weighted by molar-refractivity contribution is -0.150. The monoisotopic (exact) mass is 372 g/mol. The highest BCUT2D eigenvalue weighted by molar-refractivity contribution is 6.14. The molecular formula is C20H24N2O5. The lowest BCUT2D eigenvalue weighted by atomic mass is 9.82. The second kappa shape index (κ2) is 7.52. The number of ether oxygens (including phenoxy) is 2. The first-order valence-corrected chi connectivity index (χ1v) is 9.07. The second-order valence-electron chi connectivity index (χ2n) is 6.81. The van der Waals surface area contributed by atoms with Crippen LogP contribution in [-0.2, 0) is 19.1 Å². The second-order valence-corrected chi connectivity index (χ2v) is 6.81. The number of para-hydroxylation sites is 1. The highest BCUT2D eigenvalue weighted by Crippen LogP contribution is 2.41. The van der Waals surface area contributed by atoms with E-state index in [1.807, 2.05) is 0 Å². The van der Waals surface area contributed by atoms with Gasteiger partial charge in [-0.15, -0.1) is 0 Å². The summed E-state index contributed by atoms with van der Waals surface area (Å²) in [6.45, 7) is 6.13. The molecule has 1 spiro atoms. The molecule has 1 amide bonds. The molecule has 0 atom stereocenters. The Labute approximate surface area is 158 Å². The predicted octanol–water partition coefficient (Wildman–Crippen LogP) is 2.14. The van der Waals surface area contributed by atoms with Crippen molar-refractivity contribution in [2.24, 2.45) is 0 Å². The standard InChI is InChI=1S/C20H24N2O5/c1-4-22-11-9-20(10-12-22)16(13(2)18(24)27-20)17(23)21-15-8-6-5-7-14(15)19(25)26-3/h5-8H,4,9-12H2,1-3H3,(H,21,23). The topological polar surface area (TPSA) is 84.9 Å². The summed E-state index contributed by atoms with van der Waals surface area (Å²) < 4.78 is 10.4. The molecule has 2 aliphatic rings. The largest absolute Gasteiger partial charge is 0.465 e. The van der Waals surface area contributed by atoms with Crippen molar-refractivity contribution >= 4 is 23.5 Å². The lowest BCUT2D eigenvalue weighted by Crippen LogP contribution is -2.47. The molecule has 2 heterocycles. The SMILES string of the molecule is CCN1CCC2(CC1)OC(=O)C(C)=C2C(=O)Nc1ccccc1C(=O)OC. The molecule has 1 saturated heterocycles. The number of carbonyl (C=O) groups is 3. The number of esters is 2. The summed E-state index contributed by atoms with van der Waals surface area (Å²) in [5, 5.41) is 2.77. The average Bonchev–Trinajstić information content (AvgIpc) is 2.92. The van der Waals surface area contributed by atoms with Crippen LogP contribution in [0.5, 0.6) is 0 Å². The maximum absolute atomic E-state index is 13.1. The number of nitrogens with one attached hydrogen (secondary N) is 1. The molecule has 7 nitrogen and oxygen atoms in total. The molecule has 3 rings (SSSR count). The first kappa shape index (κ1) is 19.1. The van der Waals surface area contributed by atoms with E-state index in [1.165, 1.54) is 7.11 Å². The van der Waals surface area contributed by atoms with E-state index in [1.54, 1.807) is 31.2 Å².